The first-order valence-corrected chi connectivity index (χ1v) is 9.77. The maximum Gasteiger partial charge on any atom is 0.335 e. The number of nitrogens with zero attached hydrogens (tertiary/aromatic N) is 2. The molecule has 1 aromatic carbocycles. The number of hydrogen-bond donors (Lipinski definition) is 2. The third-order valence-corrected chi connectivity index (χ3v) is 5.62. The molecule has 2 N–H and O–H groups in total. The Kier molecular flexibility index (Phi) is 6.54. The van der Waals surface area contributed by atoms with E-state index in [2.05, 4.69) is 10.3 Å². The molecule has 1 saturated heterocycles. The van der Waals surface area contributed by atoms with Gasteiger partial charge in [-0.1, -0.05) is 18.5 Å². The minimum absolute atomic E-state index is 0.111. The van der Waals surface area contributed by atoms with Crippen LogP contribution < -0.4 is 10.2 Å². The molecule has 0 aromatic heterocycles. The van der Waals surface area contributed by atoms with Crippen LogP contribution >= 0.6 is 11.6 Å². The van der Waals surface area contributed by atoms with Gasteiger partial charge in [0.15, 0.2) is 0 Å². The molecule has 7 nitrogen and oxygen atoms in total. The monoisotopic (exact) mass is 423 g/mol. The molecule has 0 saturated carbocycles. The van der Waals surface area contributed by atoms with E-state index >= 15 is 0 Å². The van der Waals surface area contributed by atoms with E-state index in [0.717, 1.165) is 18.1 Å². The second-order valence-electron chi connectivity index (χ2n) is 7.08. The second-order valence-corrected chi connectivity index (χ2v) is 7.43. The number of carboxylic acid groups (broad SMARTS) is 1. The molecule has 1 fully saturated rings. The van der Waals surface area contributed by atoms with Gasteiger partial charge in [-0.05, 0) is 36.6 Å². The van der Waals surface area contributed by atoms with E-state index in [1.165, 1.54) is 12.1 Å². The Morgan fingerprint density at radius 1 is 1.41 bits per heavy atom. The second kappa shape index (κ2) is 8.92. The van der Waals surface area contributed by atoms with Gasteiger partial charge in [0, 0.05) is 32.3 Å². The lowest BCUT2D eigenvalue weighted by molar-refractivity contribution is -0.116. The van der Waals surface area contributed by atoms with E-state index in [1.807, 2.05) is 11.8 Å². The molecule has 0 unspecified atom stereocenters. The molecule has 29 heavy (non-hydrogen) atoms. The van der Waals surface area contributed by atoms with Gasteiger partial charge in [0.25, 0.3) is 5.91 Å². The van der Waals surface area contributed by atoms with Gasteiger partial charge in [0.1, 0.15) is 16.7 Å². The van der Waals surface area contributed by atoms with Gasteiger partial charge in [-0.3, -0.25) is 4.79 Å². The van der Waals surface area contributed by atoms with Crippen molar-refractivity contribution in [3.8, 4) is 0 Å². The summed E-state index contributed by atoms with van der Waals surface area (Å²) in [5, 5.41) is 12.5. The van der Waals surface area contributed by atoms with Gasteiger partial charge in [0.2, 0.25) is 0 Å². The summed E-state index contributed by atoms with van der Waals surface area (Å²) in [7, 11) is 1.54. The molecule has 1 aromatic rings. The number of anilines is 1. The number of hydrogen-bond acceptors (Lipinski definition) is 5. The molecule has 3 rings (SSSR count). The number of nitrogens with one attached hydrogen (secondary N) is 1. The zero-order chi connectivity index (χ0) is 21.1. The van der Waals surface area contributed by atoms with Crippen molar-refractivity contribution in [3.05, 3.63) is 40.3 Å². The fourth-order valence-electron chi connectivity index (χ4n) is 3.60. The van der Waals surface area contributed by atoms with Crippen LogP contribution in [0, 0.1) is 5.82 Å². The summed E-state index contributed by atoms with van der Waals surface area (Å²) in [6, 6.07) is 3.47. The SMILES string of the molecule is CCC1=C(Cl)N=C(C(=O)N[C@@H]2CCN(c3cc(F)cc(C(=O)O)c3)C[C@@H]2OC)C1. The number of ether oxygens (including phenoxy) is 1. The number of carbonyl (C=O) groups is 2. The Hall–Kier alpha value is -2.45. The molecular weight excluding hydrogens is 401 g/mol. The van der Waals surface area contributed by atoms with Crippen LogP contribution in [0.15, 0.2) is 33.9 Å². The third-order valence-electron chi connectivity index (χ3n) is 5.27. The summed E-state index contributed by atoms with van der Waals surface area (Å²) in [5.74, 6) is -2.07. The van der Waals surface area contributed by atoms with E-state index in [0.29, 0.717) is 42.5 Å². The van der Waals surface area contributed by atoms with Gasteiger partial charge in [0.05, 0.1) is 17.7 Å². The van der Waals surface area contributed by atoms with E-state index in [9.17, 15) is 14.0 Å². The summed E-state index contributed by atoms with van der Waals surface area (Å²) in [6.07, 6.45) is 1.39. The number of piperidine rings is 1. The number of rotatable bonds is 6. The third kappa shape index (κ3) is 4.76. The van der Waals surface area contributed by atoms with Crippen molar-refractivity contribution in [2.24, 2.45) is 4.99 Å². The van der Waals surface area contributed by atoms with Crippen LogP contribution in [0.25, 0.3) is 0 Å². The number of aromatic carboxylic acids is 1. The quantitative estimate of drug-likeness (QED) is 0.686. The normalized spacial score (nSPS) is 21.9. The highest BCUT2D eigenvalue weighted by atomic mass is 35.5. The highest BCUT2D eigenvalue weighted by Gasteiger charge is 2.32. The number of carbonyl (C=O) groups excluding carboxylic acids is 1. The average molecular weight is 424 g/mol. The first-order valence-electron chi connectivity index (χ1n) is 9.40. The van der Waals surface area contributed by atoms with Crippen LogP contribution in [0.4, 0.5) is 10.1 Å². The minimum atomic E-state index is -1.19. The van der Waals surface area contributed by atoms with Crippen LogP contribution in [0.3, 0.4) is 0 Å². The van der Waals surface area contributed by atoms with Crippen molar-refractivity contribution in [3.63, 3.8) is 0 Å². The van der Waals surface area contributed by atoms with Crippen molar-refractivity contribution in [1.29, 1.82) is 0 Å². The average Bonchev–Trinajstić information content (AvgIpc) is 3.08. The Balaban J connectivity index is 1.67. The van der Waals surface area contributed by atoms with E-state index < -0.39 is 11.8 Å². The predicted octanol–water partition coefficient (Wildman–Crippen LogP) is 2.94. The van der Waals surface area contributed by atoms with Crippen LogP contribution in [-0.2, 0) is 9.53 Å². The number of allylic oxidation sites excluding steroid dienone is 1. The number of aliphatic imine (C=N–C) groups is 1. The Morgan fingerprint density at radius 3 is 2.79 bits per heavy atom. The first kappa shape index (κ1) is 21.3. The fraction of sp³-hybridized carbons (Fsp3) is 0.450. The van der Waals surface area contributed by atoms with Gasteiger partial charge >= 0.3 is 5.97 Å². The molecule has 2 atom stereocenters. The molecule has 0 radical (unpaired) electrons. The Labute approximate surface area is 173 Å². The smallest absolute Gasteiger partial charge is 0.335 e. The van der Waals surface area contributed by atoms with Gasteiger partial charge in [-0.2, -0.15) is 0 Å². The summed E-state index contributed by atoms with van der Waals surface area (Å²) in [4.78, 5) is 29.8. The predicted molar refractivity (Wildman–Crippen MR) is 108 cm³/mol. The molecule has 2 heterocycles. The molecule has 2 aliphatic heterocycles. The van der Waals surface area contributed by atoms with Gasteiger partial charge in [-0.15, -0.1) is 0 Å². The van der Waals surface area contributed by atoms with Crippen molar-refractivity contribution in [2.75, 3.05) is 25.1 Å². The lowest BCUT2D eigenvalue weighted by Crippen LogP contribution is -2.56. The number of amides is 1. The molecular formula is C20H23ClFN3O4. The van der Waals surface area contributed by atoms with Crippen molar-refractivity contribution in [2.45, 2.75) is 38.3 Å². The van der Waals surface area contributed by atoms with Crippen LogP contribution in [0.2, 0.25) is 0 Å². The molecule has 9 heteroatoms. The Morgan fingerprint density at radius 2 is 2.17 bits per heavy atom. The van der Waals surface area contributed by atoms with Gasteiger partial charge < -0.3 is 20.1 Å². The zero-order valence-electron chi connectivity index (χ0n) is 16.2. The highest BCUT2D eigenvalue weighted by molar-refractivity contribution is 6.43. The number of benzene rings is 1. The molecule has 156 valence electrons. The van der Waals surface area contributed by atoms with Crippen molar-refractivity contribution in [1.82, 2.24) is 5.32 Å². The highest BCUT2D eigenvalue weighted by Crippen LogP contribution is 2.27. The fourth-order valence-corrected chi connectivity index (χ4v) is 3.90. The van der Waals surface area contributed by atoms with Crippen LogP contribution in [0.5, 0.6) is 0 Å². The molecule has 0 spiro atoms. The summed E-state index contributed by atoms with van der Waals surface area (Å²) < 4.78 is 19.4. The number of carboxylic acids is 1. The van der Waals surface area contributed by atoms with Crippen molar-refractivity contribution < 1.29 is 23.8 Å². The largest absolute Gasteiger partial charge is 0.478 e. The lowest BCUT2D eigenvalue weighted by atomic mass is 9.99. The topological polar surface area (TPSA) is 91.2 Å². The molecule has 0 bridgehead atoms. The minimum Gasteiger partial charge on any atom is -0.478 e. The van der Waals surface area contributed by atoms with Crippen molar-refractivity contribution >= 4 is 34.9 Å². The zero-order valence-corrected chi connectivity index (χ0v) is 17.0. The number of halogens is 2. The summed E-state index contributed by atoms with van der Waals surface area (Å²) in [6.45, 7) is 2.86. The Bertz CT molecular complexity index is 886. The maximum absolute atomic E-state index is 13.8. The lowest BCUT2D eigenvalue weighted by Gasteiger charge is -2.39. The number of methoxy groups -OCH3 is 1. The summed E-state index contributed by atoms with van der Waals surface area (Å²) >= 11 is 6.06. The molecule has 2 aliphatic rings. The maximum atomic E-state index is 13.8. The molecule has 1 amide bonds. The summed E-state index contributed by atoms with van der Waals surface area (Å²) in [5.41, 5.74) is 1.69. The van der Waals surface area contributed by atoms with Crippen LogP contribution in [-0.4, -0.2) is 55.0 Å². The standard InChI is InChI=1S/C20H23ClFN3O4/c1-3-11-8-16(23-18(11)21)19(26)24-15-4-5-25(10-17(15)29-2)14-7-12(20(27)28)6-13(22)9-14/h6-7,9,15,17H,3-5,8,10H2,1-2H3,(H,24,26)(H,27,28)/t15-,17+/m1/s1. The molecule has 0 aliphatic carbocycles. The first-order chi connectivity index (χ1) is 13.8. The van der Waals surface area contributed by atoms with E-state index in [1.54, 1.807) is 7.11 Å². The van der Waals surface area contributed by atoms with E-state index in [4.69, 9.17) is 21.4 Å². The van der Waals surface area contributed by atoms with E-state index in [-0.39, 0.29) is 23.6 Å². The van der Waals surface area contributed by atoms with Crippen LogP contribution in [0.1, 0.15) is 36.5 Å². The van der Waals surface area contributed by atoms with Gasteiger partial charge in [-0.25, -0.2) is 14.2 Å².